The Hall–Kier alpha value is -1.14. The molecule has 6 heteroatoms. The number of hydrogen-bond acceptors (Lipinski definition) is 4. The molecular formula is C14H25N3O3. The summed E-state index contributed by atoms with van der Waals surface area (Å²) in [5.41, 5.74) is -0.821. The zero-order valence-electron chi connectivity index (χ0n) is 12.6. The van der Waals surface area contributed by atoms with Gasteiger partial charge in [0.25, 0.3) is 0 Å². The maximum atomic E-state index is 12.5. The number of rotatable bonds is 3. The van der Waals surface area contributed by atoms with Crippen LogP contribution < -0.4 is 0 Å². The van der Waals surface area contributed by atoms with Crippen LogP contribution in [0.5, 0.6) is 0 Å². The molecule has 2 saturated heterocycles. The van der Waals surface area contributed by atoms with Crippen molar-refractivity contribution in [2.24, 2.45) is 0 Å². The van der Waals surface area contributed by atoms with Crippen LogP contribution in [0.1, 0.15) is 26.2 Å². The molecule has 0 aromatic rings. The average molecular weight is 283 g/mol. The molecule has 0 aromatic heterocycles. The van der Waals surface area contributed by atoms with Gasteiger partial charge in [-0.25, -0.2) is 0 Å². The summed E-state index contributed by atoms with van der Waals surface area (Å²) in [6.07, 6.45) is 2.22. The molecule has 2 aliphatic rings. The largest absolute Gasteiger partial charge is 0.387 e. The van der Waals surface area contributed by atoms with E-state index in [0.717, 1.165) is 12.8 Å². The van der Waals surface area contributed by atoms with Crippen molar-refractivity contribution in [3.63, 3.8) is 0 Å². The summed E-state index contributed by atoms with van der Waals surface area (Å²) in [5.74, 6) is -0.0454. The van der Waals surface area contributed by atoms with Gasteiger partial charge < -0.3 is 19.8 Å². The summed E-state index contributed by atoms with van der Waals surface area (Å²) in [5, 5.41) is 10.5. The van der Waals surface area contributed by atoms with Crippen LogP contribution in [-0.4, -0.2) is 83.5 Å². The molecule has 0 spiro atoms. The Kier molecular flexibility index (Phi) is 4.34. The first kappa shape index (κ1) is 15.3. The molecule has 2 rings (SSSR count). The third-order valence-corrected chi connectivity index (χ3v) is 4.20. The van der Waals surface area contributed by atoms with Crippen molar-refractivity contribution >= 4 is 11.8 Å². The van der Waals surface area contributed by atoms with E-state index in [-0.39, 0.29) is 17.9 Å². The number of β-amino-alcohol motifs (C(OH)–C–C–N with tert-alkyl or cyclic N) is 1. The Labute approximate surface area is 120 Å². The summed E-state index contributed by atoms with van der Waals surface area (Å²) >= 11 is 0. The quantitative estimate of drug-likeness (QED) is 0.760. The number of likely N-dealkylation sites (tertiary alicyclic amines) is 2. The van der Waals surface area contributed by atoms with E-state index in [0.29, 0.717) is 32.6 Å². The molecule has 2 atom stereocenters. The van der Waals surface area contributed by atoms with Crippen LogP contribution in [0.4, 0.5) is 0 Å². The second kappa shape index (κ2) is 5.69. The molecule has 0 radical (unpaired) electrons. The standard InChI is InChI=1S/C14H25N3O3/c1-11(18)17-7-4-5-12(17)13(19)16-8-6-14(20,10-16)9-15(2)3/h12,20H,4-10H2,1-3H3. The first-order valence-corrected chi connectivity index (χ1v) is 7.25. The fraction of sp³-hybridized carbons (Fsp3) is 0.857. The van der Waals surface area contributed by atoms with Crippen LogP contribution in [0.2, 0.25) is 0 Å². The normalized spacial score (nSPS) is 30.4. The number of carbonyl (C=O) groups excluding carboxylic acids is 2. The van der Waals surface area contributed by atoms with Crippen molar-refractivity contribution in [2.45, 2.75) is 37.8 Å². The zero-order chi connectivity index (χ0) is 14.9. The topological polar surface area (TPSA) is 64.1 Å². The van der Waals surface area contributed by atoms with Gasteiger partial charge in [-0.3, -0.25) is 9.59 Å². The lowest BCUT2D eigenvalue weighted by Crippen LogP contribution is -2.49. The number of hydrogen-bond donors (Lipinski definition) is 1. The smallest absolute Gasteiger partial charge is 0.245 e. The van der Waals surface area contributed by atoms with Crippen molar-refractivity contribution in [3.05, 3.63) is 0 Å². The molecule has 2 amide bonds. The van der Waals surface area contributed by atoms with E-state index < -0.39 is 5.60 Å². The third kappa shape index (κ3) is 3.12. The van der Waals surface area contributed by atoms with Gasteiger partial charge in [0.2, 0.25) is 11.8 Å². The molecule has 2 unspecified atom stereocenters. The fourth-order valence-electron chi connectivity index (χ4n) is 3.37. The van der Waals surface area contributed by atoms with Crippen molar-refractivity contribution in [1.82, 2.24) is 14.7 Å². The van der Waals surface area contributed by atoms with Crippen LogP contribution in [0, 0.1) is 0 Å². The monoisotopic (exact) mass is 283 g/mol. The molecule has 114 valence electrons. The minimum Gasteiger partial charge on any atom is -0.387 e. The number of aliphatic hydroxyl groups is 1. The Bertz CT molecular complexity index is 399. The molecule has 0 bridgehead atoms. The predicted octanol–water partition coefficient (Wildman–Crippen LogP) is -0.478. The van der Waals surface area contributed by atoms with E-state index in [1.54, 1.807) is 9.80 Å². The molecule has 0 aliphatic carbocycles. The Morgan fingerprint density at radius 3 is 2.65 bits per heavy atom. The highest BCUT2D eigenvalue weighted by atomic mass is 16.3. The van der Waals surface area contributed by atoms with Gasteiger partial charge in [-0.15, -0.1) is 0 Å². The summed E-state index contributed by atoms with van der Waals surface area (Å²) in [4.78, 5) is 29.4. The molecule has 6 nitrogen and oxygen atoms in total. The average Bonchev–Trinajstić information content (AvgIpc) is 2.93. The SMILES string of the molecule is CC(=O)N1CCCC1C(=O)N1CCC(O)(CN(C)C)C1. The number of likely N-dealkylation sites (N-methyl/N-ethyl adjacent to an activating group) is 1. The van der Waals surface area contributed by atoms with E-state index in [1.165, 1.54) is 6.92 Å². The second-order valence-corrected chi connectivity index (χ2v) is 6.34. The lowest BCUT2D eigenvalue weighted by Gasteiger charge is -2.29. The number of nitrogens with zero attached hydrogens (tertiary/aromatic N) is 3. The maximum Gasteiger partial charge on any atom is 0.245 e. The van der Waals surface area contributed by atoms with Crippen molar-refractivity contribution < 1.29 is 14.7 Å². The van der Waals surface area contributed by atoms with E-state index in [4.69, 9.17) is 0 Å². The van der Waals surface area contributed by atoms with Crippen LogP contribution in [0.15, 0.2) is 0 Å². The zero-order valence-corrected chi connectivity index (χ0v) is 12.6. The maximum absolute atomic E-state index is 12.5. The Balaban J connectivity index is 1.99. The van der Waals surface area contributed by atoms with Gasteiger partial charge in [-0.05, 0) is 33.4 Å². The van der Waals surface area contributed by atoms with Crippen molar-refractivity contribution in [2.75, 3.05) is 40.3 Å². The Morgan fingerprint density at radius 1 is 1.35 bits per heavy atom. The summed E-state index contributed by atoms with van der Waals surface area (Å²) in [6.45, 7) is 3.68. The van der Waals surface area contributed by atoms with Crippen LogP contribution >= 0.6 is 0 Å². The summed E-state index contributed by atoms with van der Waals surface area (Å²) < 4.78 is 0. The summed E-state index contributed by atoms with van der Waals surface area (Å²) in [7, 11) is 3.83. The highest BCUT2D eigenvalue weighted by Gasteiger charge is 2.42. The van der Waals surface area contributed by atoms with Crippen molar-refractivity contribution in [1.29, 1.82) is 0 Å². The molecule has 0 aromatic carbocycles. The van der Waals surface area contributed by atoms with Gasteiger partial charge in [-0.2, -0.15) is 0 Å². The molecule has 2 heterocycles. The lowest BCUT2D eigenvalue weighted by molar-refractivity contribution is -0.142. The molecule has 2 aliphatic heterocycles. The summed E-state index contributed by atoms with van der Waals surface area (Å²) in [6, 6.07) is -0.325. The molecular weight excluding hydrogens is 258 g/mol. The highest BCUT2D eigenvalue weighted by Crippen LogP contribution is 2.26. The van der Waals surface area contributed by atoms with E-state index in [9.17, 15) is 14.7 Å². The third-order valence-electron chi connectivity index (χ3n) is 4.20. The van der Waals surface area contributed by atoms with Gasteiger partial charge in [0, 0.05) is 26.6 Å². The highest BCUT2D eigenvalue weighted by molar-refractivity contribution is 5.87. The van der Waals surface area contributed by atoms with Crippen molar-refractivity contribution in [3.8, 4) is 0 Å². The van der Waals surface area contributed by atoms with Crippen LogP contribution in [0.3, 0.4) is 0 Å². The van der Waals surface area contributed by atoms with E-state index >= 15 is 0 Å². The van der Waals surface area contributed by atoms with Gasteiger partial charge in [-0.1, -0.05) is 0 Å². The van der Waals surface area contributed by atoms with Gasteiger partial charge in [0.1, 0.15) is 6.04 Å². The molecule has 2 fully saturated rings. The molecule has 1 N–H and O–H groups in total. The second-order valence-electron chi connectivity index (χ2n) is 6.34. The Morgan fingerprint density at radius 2 is 2.05 bits per heavy atom. The van der Waals surface area contributed by atoms with Crippen LogP contribution in [-0.2, 0) is 9.59 Å². The minimum atomic E-state index is -0.821. The van der Waals surface area contributed by atoms with Gasteiger partial charge in [0.05, 0.1) is 12.1 Å². The van der Waals surface area contributed by atoms with Gasteiger partial charge >= 0.3 is 0 Å². The fourth-order valence-corrected chi connectivity index (χ4v) is 3.37. The molecule has 20 heavy (non-hydrogen) atoms. The minimum absolute atomic E-state index is 0.00705. The predicted molar refractivity (Wildman–Crippen MR) is 75.1 cm³/mol. The molecule has 0 saturated carbocycles. The van der Waals surface area contributed by atoms with Gasteiger partial charge in [0.15, 0.2) is 0 Å². The number of amides is 2. The van der Waals surface area contributed by atoms with Crippen LogP contribution in [0.25, 0.3) is 0 Å². The van der Waals surface area contributed by atoms with E-state index in [1.807, 2.05) is 19.0 Å². The first-order chi connectivity index (χ1) is 9.32. The van der Waals surface area contributed by atoms with E-state index in [2.05, 4.69) is 0 Å². The lowest BCUT2D eigenvalue weighted by atomic mass is 10.0. The first-order valence-electron chi connectivity index (χ1n) is 7.25. The number of carbonyl (C=O) groups is 2.